The summed E-state index contributed by atoms with van der Waals surface area (Å²) in [7, 11) is 0. The minimum Gasteiger partial charge on any atom is -0.374 e. The lowest BCUT2D eigenvalue weighted by Crippen LogP contribution is -2.49. The van der Waals surface area contributed by atoms with E-state index in [1.807, 2.05) is 5.43 Å². The van der Waals surface area contributed by atoms with Crippen molar-refractivity contribution in [3.8, 4) is 0 Å². The molecule has 1 aromatic carbocycles. The number of amides is 2. The lowest BCUT2D eigenvalue weighted by atomic mass is 9.90. The molecule has 2 amide bonds. The Morgan fingerprint density at radius 3 is 2.69 bits per heavy atom. The second-order valence-corrected chi connectivity index (χ2v) is 10.1. The Hall–Kier alpha value is -2.50. The van der Waals surface area contributed by atoms with Crippen LogP contribution in [-0.2, 0) is 23.2 Å². The van der Waals surface area contributed by atoms with Gasteiger partial charge in [-0.2, -0.15) is 13.2 Å². The Morgan fingerprint density at radius 2 is 1.97 bits per heavy atom. The molecule has 11 heteroatoms. The van der Waals surface area contributed by atoms with Gasteiger partial charge in [0.1, 0.15) is 5.01 Å². The maximum absolute atomic E-state index is 13.8. The molecule has 0 spiro atoms. The number of hydrazine groups is 1. The fourth-order valence-corrected chi connectivity index (χ4v) is 5.81. The number of alkyl halides is 3. The van der Waals surface area contributed by atoms with Crippen molar-refractivity contribution in [1.29, 1.82) is 0 Å². The summed E-state index contributed by atoms with van der Waals surface area (Å²) in [5, 5.41) is 9.83. The number of carbonyl (C=O) groups is 2. The van der Waals surface area contributed by atoms with Crippen LogP contribution in [0.25, 0.3) is 10.2 Å². The third-order valence-corrected chi connectivity index (χ3v) is 7.82. The number of aliphatic hydroxyl groups is 1. The molecule has 2 heterocycles. The van der Waals surface area contributed by atoms with Gasteiger partial charge in [0.05, 0.1) is 21.5 Å². The number of thiophene rings is 1. The van der Waals surface area contributed by atoms with E-state index in [1.54, 1.807) is 24.3 Å². The average Bonchev–Trinajstić information content (AvgIpc) is 3.35. The number of nitrogens with zero attached hydrogens (tertiary/aromatic N) is 1. The Morgan fingerprint density at radius 1 is 1.22 bits per heavy atom. The molecule has 6 nitrogen and oxygen atoms in total. The molecule has 0 unspecified atom stereocenters. The van der Waals surface area contributed by atoms with Crippen molar-refractivity contribution < 1.29 is 27.9 Å². The van der Waals surface area contributed by atoms with Crippen LogP contribution in [0.1, 0.15) is 44.9 Å². The summed E-state index contributed by atoms with van der Waals surface area (Å²) in [6.07, 6.45) is -3.71. The minimum atomic E-state index is -5.15. The van der Waals surface area contributed by atoms with Crippen LogP contribution in [0.5, 0.6) is 0 Å². The zero-order chi connectivity index (χ0) is 23.1. The molecule has 3 aromatic rings. The first-order valence-electron chi connectivity index (χ1n) is 9.93. The zero-order valence-electron chi connectivity index (χ0n) is 17.0. The predicted octanol–water partition coefficient (Wildman–Crippen LogP) is 4.08. The number of benzene rings is 1. The minimum absolute atomic E-state index is 0.292. The molecule has 2 atom stereocenters. The first-order valence-corrected chi connectivity index (χ1v) is 11.6. The normalized spacial score (nSPS) is 18.1. The summed E-state index contributed by atoms with van der Waals surface area (Å²) in [6, 6.07) is 8.11. The molecule has 0 saturated heterocycles. The van der Waals surface area contributed by atoms with Crippen LogP contribution in [0, 0.1) is 5.92 Å². The molecule has 0 fully saturated rings. The molecular weight excluding hydrogens is 463 g/mol. The van der Waals surface area contributed by atoms with Gasteiger partial charge in [0.25, 0.3) is 5.91 Å². The maximum atomic E-state index is 13.8. The van der Waals surface area contributed by atoms with Crippen LogP contribution in [0.15, 0.2) is 30.3 Å². The number of aromatic nitrogens is 1. The number of aryl methyl sites for hydroxylation is 1. The van der Waals surface area contributed by atoms with Gasteiger partial charge >= 0.3 is 6.18 Å². The highest BCUT2D eigenvalue weighted by Crippen LogP contribution is 2.44. The molecule has 1 aliphatic carbocycles. The van der Waals surface area contributed by atoms with Crippen LogP contribution in [0.3, 0.4) is 0 Å². The van der Waals surface area contributed by atoms with Gasteiger partial charge in [-0.15, -0.1) is 22.7 Å². The van der Waals surface area contributed by atoms with E-state index in [2.05, 4.69) is 17.3 Å². The average molecular weight is 484 g/mol. The van der Waals surface area contributed by atoms with Crippen molar-refractivity contribution in [2.45, 2.75) is 44.4 Å². The standard InChI is InChI=1S/C21H20F3N3O3S2/c1-11-6-7-14-12(8-11)9-16(31-14)18(29)27-26-17(28)10-20(30,21(22,23)24)19-25-13-4-2-3-5-15(13)32-19/h2-5,9,11,30H,6-8,10H2,1H3,(H,26,28)(H,27,29)/t11-,20-/m0/s1. The number of thiazole rings is 1. The first kappa shape index (κ1) is 22.7. The van der Waals surface area contributed by atoms with Crippen LogP contribution in [-0.4, -0.2) is 28.1 Å². The van der Waals surface area contributed by atoms with Gasteiger partial charge in [-0.3, -0.25) is 20.4 Å². The van der Waals surface area contributed by atoms with Gasteiger partial charge in [-0.05, 0) is 48.9 Å². The molecule has 0 bridgehead atoms. The molecule has 0 saturated carbocycles. The SMILES string of the molecule is C[C@H]1CCc2sc(C(=O)NNC(=O)C[C@](O)(c3nc4ccccc4s3)C(F)(F)F)cc2C1. The monoisotopic (exact) mass is 483 g/mol. The highest BCUT2D eigenvalue weighted by atomic mass is 32.1. The van der Waals surface area contributed by atoms with E-state index in [1.165, 1.54) is 17.4 Å². The van der Waals surface area contributed by atoms with Crippen LogP contribution < -0.4 is 10.9 Å². The van der Waals surface area contributed by atoms with Gasteiger partial charge in [-0.25, -0.2) is 4.98 Å². The summed E-state index contributed by atoms with van der Waals surface area (Å²) < 4.78 is 41.7. The highest BCUT2D eigenvalue weighted by molar-refractivity contribution is 7.18. The summed E-state index contributed by atoms with van der Waals surface area (Å²) in [4.78, 5) is 30.0. The van der Waals surface area contributed by atoms with Gasteiger partial charge in [0.2, 0.25) is 11.5 Å². The van der Waals surface area contributed by atoms with Gasteiger partial charge in [0.15, 0.2) is 0 Å². The summed E-state index contributed by atoms with van der Waals surface area (Å²) >= 11 is 1.98. The molecule has 4 rings (SSSR count). The second kappa shape index (κ2) is 8.45. The van der Waals surface area contributed by atoms with E-state index in [0.29, 0.717) is 32.3 Å². The van der Waals surface area contributed by atoms with Crippen molar-refractivity contribution >= 4 is 44.7 Å². The Bertz CT molecular complexity index is 1140. The van der Waals surface area contributed by atoms with Gasteiger partial charge < -0.3 is 5.11 Å². The smallest absolute Gasteiger partial charge is 0.374 e. The predicted molar refractivity (Wildman–Crippen MR) is 115 cm³/mol. The fourth-order valence-electron chi connectivity index (χ4n) is 3.63. The molecule has 0 radical (unpaired) electrons. The fraction of sp³-hybridized carbons (Fsp3) is 0.381. The number of rotatable bonds is 4. The summed E-state index contributed by atoms with van der Waals surface area (Å²) in [5.74, 6) is -1.27. The van der Waals surface area contributed by atoms with E-state index in [9.17, 15) is 27.9 Å². The number of hydrogen-bond donors (Lipinski definition) is 3. The number of carbonyl (C=O) groups excluding carboxylic acids is 2. The first-order chi connectivity index (χ1) is 15.1. The highest BCUT2D eigenvalue weighted by Gasteiger charge is 2.58. The molecule has 32 heavy (non-hydrogen) atoms. The number of para-hydroxylation sites is 1. The van der Waals surface area contributed by atoms with Crippen LogP contribution in [0.4, 0.5) is 13.2 Å². The van der Waals surface area contributed by atoms with E-state index >= 15 is 0 Å². The Balaban J connectivity index is 1.45. The lowest BCUT2D eigenvalue weighted by Gasteiger charge is -2.27. The summed E-state index contributed by atoms with van der Waals surface area (Å²) in [5.41, 5.74) is 2.03. The van der Waals surface area contributed by atoms with Crippen molar-refractivity contribution in [2.75, 3.05) is 0 Å². The summed E-state index contributed by atoms with van der Waals surface area (Å²) in [6.45, 7) is 2.13. The van der Waals surface area contributed by atoms with E-state index < -0.39 is 35.0 Å². The molecule has 1 aliphatic rings. The van der Waals surface area contributed by atoms with Crippen molar-refractivity contribution in [3.63, 3.8) is 0 Å². The topological polar surface area (TPSA) is 91.3 Å². The Kier molecular flexibility index (Phi) is 5.99. The van der Waals surface area contributed by atoms with Crippen LogP contribution in [0.2, 0.25) is 0 Å². The van der Waals surface area contributed by atoms with Gasteiger partial charge in [0, 0.05) is 4.88 Å². The van der Waals surface area contributed by atoms with E-state index in [-0.39, 0.29) is 0 Å². The maximum Gasteiger partial charge on any atom is 0.424 e. The molecule has 170 valence electrons. The van der Waals surface area contributed by atoms with Crippen molar-refractivity contribution in [1.82, 2.24) is 15.8 Å². The van der Waals surface area contributed by atoms with E-state index in [4.69, 9.17) is 0 Å². The molecule has 0 aliphatic heterocycles. The molecular formula is C21H20F3N3O3S2. The van der Waals surface area contributed by atoms with Crippen molar-refractivity contribution in [3.05, 3.63) is 50.7 Å². The number of halogens is 3. The van der Waals surface area contributed by atoms with Crippen molar-refractivity contribution in [2.24, 2.45) is 5.92 Å². The second-order valence-electron chi connectivity index (χ2n) is 7.93. The largest absolute Gasteiger partial charge is 0.424 e. The third kappa shape index (κ3) is 4.37. The van der Waals surface area contributed by atoms with Crippen LogP contribution >= 0.6 is 22.7 Å². The lowest BCUT2D eigenvalue weighted by molar-refractivity contribution is -0.267. The van der Waals surface area contributed by atoms with Gasteiger partial charge in [-0.1, -0.05) is 19.1 Å². The molecule has 3 N–H and O–H groups in total. The van der Waals surface area contributed by atoms with E-state index in [0.717, 1.165) is 29.7 Å². The number of fused-ring (bicyclic) bond motifs is 2. The Labute approximate surface area is 189 Å². The number of nitrogens with one attached hydrogen (secondary N) is 2. The molecule has 2 aromatic heterocycles. The number of hydrogen-bond acceptors (Lipinski definition) is 6. The third-order valence-electron chi connectivity index (χ3n) is 5.40. The zero-order valence-corrected chi connectivity index (χ0v) is 18.6. The quantitative estimate of drug-likeness (QED) is 0.488.